The summed E-state index contributed by atoms with van der Waals surface area (Å²) in [5.41, 5.74) is -1.39. The molecule has 0 radical (unpaired) electrons. The van der Waals surface area contributed by atoms with E-state index in [1.165, 1.54) is 0 Å². The Labute approximate surface area is 139 Å². The molecule has 1 N–H and O–H groups in total. The molecular formula is C16H23F3N4O. The number of nitrogens with one attached hydrogen (secondary N) is 1. The lowest BCUT2D eigenvalue weighted by molar-refractivity contribution is -0.141. The fourth-order valence-electron chi connectivity index (χ4n) is 2.57. The first-order chi connectivity index (χ1) is 11.1. The van der Waals surface area contributed by atoms with Crippen molar-refractivity contribution in [2.75, 3.05) is 24.5 Å². The van der Waals surface area contributed by atoms with E-state index >= 15 is 0 Å². The summed E-state index contributed by atoms with van der Waals surface area (Å²) in [6.45, 7) is 7.17. The van der Waals surface area contributed by atoms with E-state index in [9.17, 15) is 18.0 Å². The average Bonchev–Trinajstić information content (AvgIpc) is 2.51. The van der Waals surface area contributed by atoms with Gasteiger partial charge in [-0.25, -0.2) is 9.97 Å². The van der Waals surface area contributed by atoms with Crippen molar-refractivity contribution in [1.82, 2.24) is 15.3 Å². The van der Waals surface area contributed by atoms with Gasteiger partial charge in [0.05, 0.1) is 0 Å². The highest BCUT2D eigenvalue weighted by Crippen LogP contribution is 2.29. The van der Waals surface area contributed by atoms with Crippen LogP contribution in [0.2, 0.25) is 0 Å². The summed E-state index contributed by atoms with van der Waals surface area (Å²) >= 11 is 0. The summed E-state index contributed by atoms with van der Waals surface area (Å²) in [5, 5.41) is 2.91. The van der Waals surface area contributed by atoms with Crippen molar-refractivity contribution in [2.45, 2.75) is 39.8 Å². The second kappa shape index (κ2) is 6.94. The Morgan fingerprint density at radius 3 is 2.71 bits per heavy atom. The normalized spacial score (nSPS) is 19.2. The van der Waals surface area contributed by atoms with Gasteiger partial charge in [0.15, 0.2) is 0 Å². The minimum atomic E-state index is -4.48. The van der Waals surface area contributed by atoms with Crippen molar-refractivity contribution in [3.63, 3.8) is 0 Å². The van der Waals surface area contributed by atoms with Gasteiger partial charge in [0.25, 0.3) is 0 Å². The number of piperidine rings is 1. The molecule has 1 aromatic rings. The van der Waals surface area contributed by atoms with E-state index in [0.29, 0.717) is 19.6 Å². The number of amides is 1. The SMILES string of the molecule is CC(C)(C)C(=O)NCC1CCCN(c2nccc(C(F)(F)F)n2)C1. The van der Waals surface area contributed by atoms with Gasteiger partial charge < -0.3 is 10.2 Å². The van der Waals surface area contributed by atoms with Crippen LogP contribution < -0.4 is 10.2 Å². The fourth-order valence-corrected chi connectivity index (χ4v) is 2.57. The number of halogens is 3. The quantitative estimate of drug-likeness (QED) is 0.916. The molecule has 1 amide bonds. The molecule has 2 rings (SSSR count). The van der Waals surface area contributed by atoms with Gasteiger partial charge in [-0.1, -0.05) is 20.8 Å². The number of alkyl halides is 3. The largest absolute Gasteiger partial charge is 0.433 e. The van der Waals surface area contributed by atoms with Gasteiger partial charge in [-0.05, 0) is 24.8 Å². The summed E-state index contributed by atoms with van der Waals surface area (Å²) in [6.07, 6.45) is -1.60. The third-order valence-corrected chi connectivity index (χ3v) is 3.97. The van der Waals surface area contributed by atoms with E-state index in [4.69, 9.17) is 0 Å². The van der Waals surface area contributed by atoms with E-state index < -0.39 is 17.3 Å². The molecule has 2 heterocycles. The molecule has 1 saturated heterocycles. The highest BCUT2D eigenvalue weighted by atomic mass is 19.4. The van der Waals surface area contributed by atoms with Gasteiger partial charge in [0, 0.05) is 31.2 Å². The molecule has 0 spiro atoms. The summed E-state index contributed by atoms with van der Waals surface area (Å²) < 4.78 is 38.3. The minimum absolute atomic E-state index is 0.0325. The summed E-state index contributed by atoms with van der Waals surface area (Å²) in [7, 11) is 0. The van der Waals surface area contributed by atoms with E-state index in [1.807, 2.05) is 20.8 Å². The first kappa shape index (κ1) is 18.5. The van der Waals surface area contributed by atoms with Crippen LogP contribution in [-0.4, -0.2) is 35.5 Å². The molecular weight excluding hydrogens is 321 g/mol. The maximum Gasteiger partial charge on any atom is 0.433 e. The topological polar surface area (TPSA) is 58.1 Å². The van der Waals surface area contributed by atoms with Crippen LogP contribution in [0.5, 0.6) is 0 Å². The van der Waals surface area contributed by atoms with Crippen LogP contribution in [0.1, 0.15) is 39.3 Å². The second-order valence-corrected chi connectivity index (χ2v) is 7.15. The molecule has 1 fully saturated rings. The van der Waals surface area contributed by atoms with Gasteiger partial charge in [0.1, 0.15) is 5.69 Å². The molecule has 1 unspecified atom stereocenters. The number of aromatic nitrogens is 2. The van der Waals surface area contributed by atoms with Gasteiger partial charge in [-0.15, -0.1) is 0 Å². The molecule has 0 saturated carbocycles. The lowest BCUT2D eigenvalue weighted by Gasteiger charge is -2.33. The average molecular weight is 344 g/mol. The molecule has 24 heavy (non-hydrogen) atoms. The molecule has 1 atom stereocenters. The zero-order valence-corrected chi connectivity index (χ0v) is 14.2. The monoisotopic (exact) mass is 344 g/mol. The Bertz CT molecular complexity index is 583. The molecule has 134 valence electrons. The molecule has 1 aromatic heterocycles. The highest BCUT2D eigenvalue weighted by Gasteiger charge is 2.33. The van der Waals surface area contributed by atoms with E-state index in [1.54, 1.807) is 4.90 Å². The van der Waals surface area contributed by atoms with E-state index in [-0.39, 0.29) is 17.8 Å². The van der Waals surface area contributed by atoms with Gasteiger partial charge >= 0.3 is 6.18 Å². The van der Waals surface area contributed by atoms with E-state index in [0.717, 1.165) is 25.1 Å². The fraction of sp³-hybridized carbons (Fsp3) is 0.688. The summed E-state index contributed by atoms with van der Waals surface area (Å²) in [5.74, 6) is 0.231. The predicted octanol–water partition coefficient (Wildman–Crippen LogP) is 2.87. The number of anilines is 1. The van der Waals surface area contributed by atoms with Crippen LogP contribution in [0.15, 0.2) is 12.3 Å². The predicted molar refractivity (Wildman–Crippen MR) is 84.4 cm³/mol. The van der Waals surface area contributed by atoms with E-state index in [2.05, 4.69) is 15.3 Å². The number of carbonyl (C=O) groups is 1. The molecule has 0 aromatic carbocycles. The van der Waals surface area contributed by atoms with Crippen LogP contribution in [0.3, 0.4) is 0 Å². The first-order valence-corrected chi connectivity index (χ1v) is 8.01. The van der Waals surface area contributed by atoms with Crippen LogP contribution in [0.4, 0.5) is 19.1 Å². The molecule has 5 nitrogen and oxygen atoms in total. The third kappa shape index (κ3) is 4.82. The standard InChI is InChI=1S/C16H23F3N4O/c1-15(2,3)13(24)21-9-11-5-4-8-23(10-11)14-20-7-6-12(22-14)16(17,18)19/h6-7,11H,4-5,8-10H2,1-3H3,(H,21,24). The van der Waals surface area contributed by atoms with Crippen LogP contribution in [-0.2, 0) is 11.0 Å². The Hall–Kier alpha value is -1.86. The van der Waals surface area contributed by atoms with Crippen molar-refractivity contribution < 1.29 is 18.0 Å². The van der Waals surface area contributed by atoms with Gasteiger partial charge in [0.2, 0.25) is 11.9 Å². The molecule has 8 heteroatoms. The Kier molecular flexibility index (Phi) is 5.35. The van der Waals surface area contributed by atoms with Crippen molar-refractivity contribution in [2.24, 2.45) is 11.3 Å². The molecule has 0 bridgehead atoms. The van der Waals surface area contributed by atoms with Crippen molar-refractivity contribution in [3.8, 4) is 0 Å². The molecule has 1 aliphatic heterocycles. The number of hydrogen-bond acceptors (Lipinski definition) is 4. The van der Waals surface area contributed by atoms with Gasteiger partial charge in [-0.2, -0.15) is 13.2 Å². The zero-order valence-electron chi connectivity index (χ0n) is 14.2. The maximum absolute atomic E-state index is 12.8. The smallest absolute Gasteiger partial charge is 0.355 e. The first-order valence-electron chi connectivity index (χ1n) is 8.01. The maximum atomic E-state index is 12.8. The zero-order chi connectivity index (χ0) is 18.0. The van der Waals surface area contributed by atoms with Gasteiger partial charge in [-0.3, -0.25) is 4.79 Å². The van der Waals surface area contributed by atoms with Crippen LogP contribution >= 0.6 is 0 Å². The minimum Gasteiger partial charge on any atom is -0.355 e. The Morgan fingerprint density at radius 1 is 1.38 bits per heavy atom. The Morgan fingerprint density at radius 2 is 2.08 bits per heavy atom. The number of rotatable bonds is 3. The Balaban J connectivity index is 1.99. The van der Waals surface area contributed by atoms with Crippen LogP contribution in [0, 0.1) is 11.3 Å². The van der Waals surface area contributed by atoms with Crippen molar-refractivity contribution >= 4 is 11.9 Å². The molecule has 0 aliphatic carbocycles. The second-order valence-electron chi connectivity index (χ2n) is 7.15. The highest BCUT2D eigenvalue weighted by molar-refractivity contribution is 5.81. The van der Waals surface area contributed by atoms with Crippen molar-refractivity contribution in [3.05, 3.63) is 18.0 Å². The lowest BCUT2D eigenvalue weighted by Crippen LogP contribution is -2.44. The number of nitrogens with zero attached hydrogens (tertiary/aromatic N) is 3. The molecule has 1 aliphatic rings. The number of carbonyl (C=O) groups excluding carboxylic acids is 1. The number of hydrogen-bond donors (Lipinski definition) is 1. The van der Waals surface area contributed by atoms with Crippen molar-refractivity contribution in [1.29, 1.82) is 0 Å². The third-order valence-electron chi connectivity index (χ3n) is 3.97. The summed E-state index contributed by atoms with van der Waals surface area (Å²) in [4.78, 5) is 21.3. The summed E-state index contributed by atoms with van der Waals surface area (Å²) in [6, 6.07) is 0.870. The van der Waals surface area contributed by atoms with Crippen LogP contribution in [0.25, 0.3) is 0 Å². The lowest BCUT2D eigenvalue weighted by atomic mass is 9.94.